The summed E-state index contributed by atoms with van der Waals surface area (Å²) < 4.78 is 1.25. The Morgan fingerprint density at radius 1 is 1.42 bits per heavy atom. The lowest BCUT2D eigenvalue weighted by Gasteiger charge is -2.01. The molecular weight excluding hydrogens is 263 g/mol. The van der Waals surface area contributed by atoms with Crippen LogP contribution in [0.2, 0.25) is 0 Å². The zero-order valence-corrected chi connectivity index (χ0v) is 9.17. The smallest absolute Gasteiger partial charge is 0.130 e. The molecule has 0 aliphatic rings. The quantitative estimate of drug-likeness (QED) is 0.774. The van der Waals surface area contributed by atoms with Crippen molar-refractivity contribution < 1.29 is 4.79 Å². The molecule has 0 N–H and O–H groups in total. The zero-order chi connectivity index (χ0) is 8.97. The van der Waals surface area contributed by atoms with Gasteiger partial charge in [0, 0.05) is 9.99 Å². The maximum atomic E-state index is 10.7. The Labute approximate surface area is 86.3 Å². The van der Waals surface area contributed by atoms with Crippen molar-refractivity contribution >= 4 is 28.4 Å². The van der Waals surface area contributed by atoms with E-state index >= 15 is 0 Å². The van der Waals surface area contributed by atoms with Crippen LogP contribution in [0.15, 0.2) is 24.3 Å². The largest absolute Gasteiger partial charge is 0.300 e. The molecule has 0 spiro atoms. The molecule has 2 heteroatoms. The molecule has 1 aromatic rings. The van der Waals surface area contributed by atoms with Crippen LogP contribution in [0.1, 0.15) is 18.9 Å². The first kappa shape index (κ1) is 9.71. The number of carbonyl (C=O) groups is 1. The van der Waals surface area contributed by atoms with Gasteiger partial charge in [-0.1, -0.05) is 18.2 Å². The second-order valence-electron chi connectivity index (χ2n) is 2.79. The number of aryl methyl sites for hydroxylation is 1. The fourth-order valence-electron chi connectivity index (χ4n) is 1.01. The van der Waals surface area contributed by atoms with Crippen molar-refractivity contribution in [3.05, 3.63) is 33.4 Å². The molecule has 1 rings (SSSR count). The fourth-order valence-corrected chi connectivity index (χ4v) is 1.67. The molecule has 64 valence electrons. The van der Waals surface area contributed by atoms with Crippen molar-refractivity contribution in [2.75, 3.05) is 0 Å². The summed E-state index contributed by atoms with van der Waals surface area (Å²) in [5.74, 6) is 0.259. The molecule has 0 amide bonds. The molecule has 0 saturated heterocycles. The second-order valence-corrected chi connectivity index (χ2v) is 3.96. The standard InChI is InChI=1S/C10H11IO/c1-8(12)6-7-9-4-2-3-5-10(9)11/h2-5H,6-7H2,1H3. The van der Waals surface area contributed by atoms with Crippen molar-refractivity contribution in [2.45, 2.75) is 19.8 Å². The topological polar surface area (TPSA) is 17.1 Å². The number of hydrogen-bond donors (Lipinski definition) is 0. The van der Waals surface area contributed by atoms with E-state index in [0.717, 1.165) is 6.42 Å². The minimum atomic E-state index is 0.259. The Bertz CT molecular complexity index is 281. The van der Waals surface area contributed by atoms with Crippen LogP contribution in [0.3, 0.4) is 0 Å². The fraction of sp³-hybridized carbons (Fsp3) is 0.300. The highest BCUT2D eigenvalue weighted by atomic mass is 127. The van der Waals surface area contributed by atoms with E-state index in [-0.39, 0.29) is 5.78 Å². The number of rotatable bonds is 3. The minimum absolute atomic E-state index is 0.259. The Balaban J connectivity index is 2.63. The van der Waals surface area contributed by atoms with E-state index in [9.17, 15) is 4.79 Å². The summed E-state index contributed by atoms with van der Waals surface area (Å²) in [5, 5.41) is 0. The highest BCUT2D eigenvalue weighted by Gasteiger charge is 1.99. The lowest BCUT2D eigenvalue weighted by Crippen LogP contribution is -1.95. The number of carbonyl (C=O) groups excluding carboxylic acids is 1. The Kier molecular flexibility index (Phi) is 3.72. The molecule has 1 aromatic carbocycles. The summed E-state index contributed by atoms with van der Waals surface area (Å²) in [6.45, 7) is 1.63. The molecule has 0 unspecified atom stereocenters. The van der Waals surface area contributed by atoms with Gasteiger partial charge in [-0.15, -0.1) is 0 Å². The highest BCUT2D eigenvalue weighted by molar-refractivity contribution is 14.1. The monoisotopic (exact) mass is 274 g/mol. The third kappa shape index (κ3) is 2.93. The number of hydrogen-bond acceptors (Lipinski definition) is 1. The first-order valence-corrected chi connectivity index (χ1v) is 5.01. The molecule has 0 heterocycles. The Morgan fingerprint density at radius 3 is 2.67 bits per heavy atom. The average molecular weight is 274 g/mol. The van der Waals surface area contributed by atoms with E-state index in [1.165, 1.54) is 9.13 Å². The summed E-state index contributed by atoms with van der Waals surface area (Å²) in [7, 11) is 0. The van der Waals surface area contributed by atoms with Gasteiger partial charge in [0.05, 0.1) is 0 Å². The van der Waals surface area contributed by atoms with Gasteiger partial charge in [0.25, 0.3) is 0 Å². The van der Waals surface area contributed by atoms with Crippen LogP contribution in [-0.2, 0) is 11.2 Å². The molecule has 0 fully saturated rings. The molecule has 0 atom stereocenters. The van der Waals surface area contributed by atoms with Crippen molar-refractivity contribution in [1.82, 2.24) is 0 Å². The van der Waals surface area contributed by atoms with Gasteiger partial charge < -0.3 is 4.79 Å². The zero-order valence-electron chi connectivity index (χ0n) is 7.01. The molecule has 0 bridgehead atoms. The van der Waals surface area contributed by atoms with Gasteiger partial charge in [-0.3, -0.25) is 0 Å². The van der Waals surface area contributed by atoms with Crippen molar-refractivity contribution in [2.24, 2.45) is 0 Å². The molecule has 0 aromatic heterocycles. The van der Waals surface area contributed by atoms with Crippen LogP contribution in [-0.4, -0.2) is 5.78 Å². The summed E-state index contributed by atoms with van der Waals surface area (Å²) in [4.78, 5) is 10.7. The van der Waals surface area contributed by atoms with Gasteiger partial charge >= 0.3 is 0 Å². The van der Waals surface area contributed by atoms with Crippen molar-refractivity contribution in [3.8, 4) is 0 Å². The van der Waals surface area contributed by atoms with Gasteiger partial charge in [0.2, 0.25) is 0 Å². The lowest BCUT2D eigenvalue weighted by atomic mass is 10.1. The number of benzene rings is 1. The van der Waals surface area contributed by atoms with Crippen LogP contribution < -0.4 is 0 Å². The van der Waals surface area contributed by atoms with Crippen LogP contribution in [0.4, 0.5) is 0 Å². The van der Waals surface area contributed by atoms with Crippen molar-refractivity contribution in [3.63, 3.8) is 0 Å². The Hall–Kier alpha value is -0.380. The first-order chi connectivity index (χ1) is 5.70. The second kappa shape index (κ2) is 4.60. The summed E-state index contributed by atoms with van der Waals surface area (Å²) in [6, 6.07) is 8.16. The third-order valence-electron chi connectivity index (χ3n) is 1.70. The molecule has 1 nitrogen and oxygen atoms in total. The maximum Gasteiger partial charge on any atom is 0.130 e. The lowest BCUT2D eigenvalue weighted by molar-refractivity contribution is -0.116. The summed E-state index contributed by atoms with van der Waals surface area (Å²) in [6.07, 6.45) is 1.52. The first-order valence-electron chi connectivity index (χ1n) is 3.93. The van der Waals surface area contributed by atoms with E-state index in [4.69, 9.17) is 0 Å². The van der Waals surface area contributed by atoms with Gasteiger partial charge in [0.15, 0.2) is 0 Å². The predicted molar refractivity (Wildman–Crippen MR) is 58.2 cm³/mol. The van der Waals surface area contributed by atoms with E-state index in [0.29, 0.717) is 6.42 Å². The van der Waals surface area contributed by atoms with E-state index in [1.54, 1.807) is 6.92 Å². The molecule has 0 saturated carbocycles. The van der Waals surface area contributed by atoms with Crippen LogP contribution in [0, 0.1) is 3.57 Å². The average Bonchev–Trinajstić information content (AvgIpc) is 2.03. The van der Waals surface area contributed by atoms with Crippen LogP contribution in [0.25, 0.3) is 0 Å². The number of Topliss-reactive ketones (excluding diaryl/α,β-unsaturated/α-hetero) is 1. The molecular formula is C10H11IO. The van der Waals surface area contributed by atoms with Crippen molar-refractivity contribution in [1.29, 1.82) is 0 Å². The number of halogens is 1. The molecule has 0 aliphatic heterocycles. The van der Waals surface area contributed by atoms with Gasteiger partial charge in [-0.2, -0.15) is 0 Å². The molecule has 12 heavy (non-hydrogen) atoms. The third-order valence-corrected chi connectivity index (χ3v) is 2.76. The SMILES string of the molecule is CC(=O)CCc1ccccc1I. The van der Waals surface area contributed by atoms with Crippen LogP contribution >= 0.6 is 22.6 Å². The summed E-state index contributed by atoms with van der Waals surface area (Å²) in [5.41, 5.74) is 1.27. The van der Waals surface area contributed by atoms with E-state index in [2.05, 4.69) is 34.7 Å². The molecule has 0 radical (unpaired) electrons. The van der Waals surface area contributed by atoms with Gasteiger partial charge in [-0.25, -0.2) is 0 Å². The highest BCUT2D eigenvalue weighted by Crippen LogP contribution is 2.13. The normalized spacial score (nSPS) is 9.83. The summed E-state index contributed by atoms with van der Waals surface area (Å²) >= 11 is 2.30. The predicted octanol–water partition coefficient (Wildman–Crippen LogP) is 2.81. The van der Waals surface area contributed by atoms with Gasteiger partial charge in [-0.05, 0) is 47.6 Å². The molecule has 0 aliphatic carbocycles. The van der Waals surface area contributed by atoms with Crippen LogP contribution in [0.5, 0.6) is 0 Å². The Morgan fingerprint density at radius 2 is 2.08 bits per heavy atom. The maximum absolute atomic E-state index is 10.7. The van der Waals surface area contributed by atoms with E-state index in [1.807, 2.05) is 12.1 Å². The number of ketones is 1. The minimum Gasteiger partial charge on any atom is -0.300 e. The van der Waals surface area contributed by atoms with E-state index < -0.39 is 0 Å². The van der Waals surface area contributed by atoms with Gasteiger partial charge in [0.1, 0.15) is 5.78 Å².